The van der Waals surface area contributed by atoms with Gasteiger partial charge in [0.1, 0.15) is 0 Å². The molecule has 4 heteroatoms. The molecule has 13 heavy (non-hydrogen) atoms. The van der Waals surface area contributed by atoms with Crippen molar-refractivity contribution in [3.8, 4) is 0 Å². The molecule has 0 aromatic carbocycles. The van der Waals surface area contributed by atoms with Crippen LogP contribution in [0, 0.1) is 0 Å². The van der Waals surface area contributed by atoms with Gasteiger partial charge >= 0.3 is 0 Å². The van der Waals surface area contributed by atoms with Crippen molar-refractivity contribution in [3.63, 3.8) is 0 Å². The van der Waals surface area contributed by atoms with Gasteiger partial charge in [0.2, 0.25) is 0 Å². The molecule has 0 saturated carbocycles. The van der Waals surface area contributed by atoms with Crippen molar-refractivity contribution in [2.24, 2.45) is 0 Å². The van der Waals surface area contributed by atoms with Crippen LogP contribution in [0.2, 0.25) is 0 Å². The molecule has 0 aliphatic carbocycles. The van der Waals surface area contributed by atoms with Crippen molar-refractivity contribution in [2.45, 2.75) is 19.1 Å². The highest BCUT2D eigenvalue weighted by molar-refractivity contribution is 4.79. The minimum Gasteiger partial charge on any atom is -0.392 e. The maximum Gasteiger partial charge on any atom is 0.0679 e. The van der Waals surface area contributed by atoms with Crippen LogP contribution in [-0.2, 0) is 6.54 Å². The first kappa shape index (κ1) is 8.72. The largest absolute Gasteiger partial charge is 0.392 e. The van der Waals surface area contributed by atoms with Crippen LogP contribution in [0.25, 0.3) is 0 Å². The molecule has 1 aliphatic heterocycles. The lowest BCUT2D eigenvalue weighted by Gasteiger charge is -2.14. The monoisotopic (exact) mass is 181 g/mol. The summed E-state index contributed by atoms with van der Waals surface area (Å²) < 4.78 is 1.92. The Morgan fingerprint density at radius 2 is 2.38 bits per heavy atom. The van der Waals surface area contributed by atoms with Crippen LogP contribution >= 0.6 is 0 Å². The molecule has 2 rings (SSSR count). The highest BCUT2D eigenvalue weighted by Gasteiger charge is 2.19. The zero-order valence-corrected chi connectivity index (χ0v) is 7.63. The topological polar surface area (TPSA) is 41.3 Å². The molecule has 1 N–H and O–H groups in total. The number of nitrogens with zero attached hydrogens (tertiary/aromatic N) is 3. The minimum absolute atomic E-state index is 0.113. The Kier molecular flexibility index (Phi) is 2.61. The van der Waals surface area contributed by atoms with Gasteiger partial charge in [-0.05, 0) is 12.5 Å². The first-order valence-electron chi connectivity index (χ1n) is 4.72. The van der Waals surface area contributed by atoms with E-state index in [4.69, 9.17) is 0 Å². The third kappa shape index (κ3) is 2.29. The van der Waals surface area contributed by atoms with E-state index in [1.807, 2.05) is 16.9 Å². The quantitative estimate of drug-likeness (QED) is 0.711. The first-order valence-corrected chi connectivity index (χ1v) is 4.72. The summed E-state index contributed by atoms with van der Waals surface area (Å²) in [5.41, 5.74) is 0. The smallest absolute Gasteiger partial charge is 0.0679 e. The molecule has 0 unspecified atom stereocenters. The lowest BCUT2D eigenvalue weighted by atomic mass is 10.3. The van der Waals surface area contributed by atoms with Gasteiger partial charge in [-0.25, -0.2) is 0 Å². The summed E-state index contributed by atoms with van der Waals surface area (Å²) in [4.78, 5) is 2.27. The zero-order valence-electron chi connectivity index (χ0n) is 7.63. The molecule has 1 atom stereocenters. The van der Waals surface area contributed by atoms with Crippen molar-refractivity contribution < 1.29 is 5.11 Å². The fraction of sp³-hybridized carbons (Fsp3) is 0.667. The Labute approximate surface area is 77.8 Å². The van der Waals surface area contributed by atoms with E-state index < -0.39 is 0 Å². The van der Waals surface area contributed by atoms with Crippen LogP contribution in [0.15, 0.2) is 18.5 Å². The van der Waals surface area contributed by atoms with Gasteiger partial charge in [0, 0.05) is 32.0 Å². The van der Waals surface area contributed by atoms with Crippen molar-refractivity contribution in [3.05, 3.63) is 18.5 Å². The standard InChI is InChI=1S/C9H15N3O/c13-9-2-5-11(8-9)6-7-12-4-1-3-10-12/h1,3-4,9,13H,2,5-8H2/t9-/m0/s1. The molecular weight excluding hydrogens is 166 g/mol. The number of hydrogen-bond donors (Lipinski definition) is 1. The molecule has 0 radical (unpaired) electrons. The van der Waals surface area contributed by atoms with Crippen molar-refractivity contribution in [1.29, 1.82) is 0 Å². The summed E-state index contributed by atoms with van der Waals surface area (Å²) in [6.45, 7) is 3.74. The van der Waals surface area contributed by atoms with E-state index in [0.29, 0.717) is 0 Å². The maximum atomic E-state index is 9.29. The number of aromatic nitrogens is 2. The number of aliphatic hydroxyl groups is 1. The number of aliphatic hydroxyl groups excluding tert-OH is 1. The van der Waals surface area contributed by atoms with Gasteiger partial charge in [-0.2, -0.15) is 5.10 Å². The second kappa shape index (κ2) is 3.89. The van der Waals surface area contributed by atoms with Crippen molar-refractivity contribution in [2.75, 3.05) is 19.6 Å². The zero-order chi connectivity index (χ0) is 9.10. The molecule has 0 amide bonds. The van der Waals surface area contributed by atoms with E-state index in [-0.39, 0.29) is 6.10 Å². The molecule has 1 aliphatic rings. The predicted molar refractivity (Wildman–Crippen MR) is 49.3 cm³/mol. The van der Waals surface area contributed by atoms with Crippen LogP contribution < -0.4 is 0 Å². The van der Waals surface area contributed by atoms with Gasteiger partial charge in [0.25, 0.3) is 0 Å². The van der Waals surface area contributed by atoms with Gasteiger partial charge in [-0.3, -0.25) is 9.58 Å². The summed E-state index contributed by atoms with van der Waals surface area (Å²) in [7, 11) is 0. The van der Waals surface area contributed by atoms with Crippen molar-refractivity contribution in [1.82, 2.24) is 14.7 Å². The third-order valence-corrected chi connectivity index (χ3v) is 2.45. The molecule has 0 spiro atoms. The molecule has 4 nitrogen and oxygen atoms in total. The average molecular weight is 181 g/mol. The Hall–Kier alpha value is -0.870. The van der Waals surface area contributed by atoms with E-state index in [1.54, 1.807) is 6.20 Å². The third-order valence-electron chi connectivity index (χ3n) is 2.45. The van der Waals surface area contributed by atoms with Crippen molar-refractivity contribution >= 4 is 0 Å². The van der Waals surface area contributed by atoms with E-state index in [2.05, 4.69) is 10.00 Å². The van der Waals surface area contributed by atoms with Gasteiger partial charge in [0.15, 0.2) is 0 Å². The van der Waals surface area contributed by atoms with Gasteiger partial charge in [-0.15, -0.1) is 0 Å². The summed E-state index contributed by atoms with van der Waals surface area (Å²) in [5, 5.41) is 13.4. The highest BCUT2D eigenvalue weighted by atomic mass is 16.3. The maximum absolute atomic E-state index is 9.29. The summed E-state index contributed by atoms with van der Waals surface area (Å²) in [5.74, 6) is 0. The average Bonchev–Trinajstić information content (AvgIpc) is 2.71. The number of hydrogen-bond acceptors (Lipinski definition) is 3. The lowest BCUT2D eigenvalue weighted by Crippen LogP contribution is -2.26. The highest BCUT2D eigenvalue weighted by Crippen LogP contribution is 2.07. The molecule has 1 aromatic rings. The number of likely N-dealkylation sites (tertiary alicyclic amines) is 1. The lowest BCUT2D eigenvalue weighted by molar-refractivity contribution is 0.174. The SMILES string of the molecule is O[C@H]1CCN(CCn2cccn2)C1. The number of rotatable bonds is 3. The minimum atomic E-state index is -0.113. The van der Waals surface area contributed by atoms with Gasteiger partial charge in [-0.1, -0.05) is 0 Å². The second-order valence-electron chi connectivity index (χ2n) is 3.51. The molecule has 1 fully saturated rings. The van der Waals surface area contributed by atoms with Crippen LogP contribution in [0.3, 0.4) is 0 Å². The van der Waals surface area contributed by atoms with Gasteiger partial charge in [0.05, 0.1) is 12.6 Å². The van der Waals surface area contributed by atoms with Crippen LogP contribution in [0.5, 0.6) is 0 Å². The normalized spacial score (nSPS) is 23.9. The summed E-state index contributed by atoms with van der Waals surface area (Å²) in [6, 6.07) is 1.93. The molecule has 1 saturated heterocycles. The molecule has 1 aromatic heterocycles. The Bertz CT molecular complexity index is 247. The van der Waals surface area contributed by atoms with Crippen LogP contribution in [0.4, 0.5) is 0 Å². The Balaban J connectivity index is 1.74. The summed E-state index contributed by atoms with van der Waals surface area (Å²) >= 11 is 0. The first-order chi connectivity index (χ1) is 6.34. The van der Waals surface area contributed by atoms with E-state index in [9.17, 15) is 5.11 Å². The number of β-amino-alcohol motifs (C(OH)–C–C–N with tert-alkyl or cyclic N) is 1. The Morgan fingerprint density at radius 1 is 1.46 bits per heavy atom. The van der Waals surface area contributed by atoms with Gasteiger partial charge < -0.3 is 5.11 Å². The fourth-order valence-corrected chi connectivity index (χ4v) is 1.69. The predicted octanol–water partition coefficient (Wildman–Crippen LogP) is -0.0503. The molecule has 2 heterocycles. The fourth-order valence-electron chi connectivity index (χ4n) is 1.69. The van der Waals surface area contributed by atoms with Crippen LogP contribution in [-0.4, -0.2) is 45.5 Å². The Morgan fingerprint density at radius 3 is 3.00 bits per heavy atom. The van der Waals surface area contributed by atoms with E-state index >= 15 is 0 Å². The molecular formula is C9H15N3O. The second-order valence-corrected chi connectivity index (χ2v) is 3.51. The summed E-state index contributed by atoms with van der Waals surface area (Å²) in [6.07, 6.45) is 4.56. The molecule has 72 valence electrons. The van der Waals surface area contributed by atoms with E-state index in [1.165, 1.54) is 0 Å². The van der Waals surface area contributed by atoms with Crippen LogP contribution in [0.1, 0.15) is 6.42 Å². The molecule has 0 bridgehead atoms. The van der Waals surface area contributed by atoms with E-state index in [0.717, 1.165) is 32.6 Å².